The number of alkyl halides is 3. The van der Waals surface area contributed by atoms with E-state index in [9.17, 15) is 18.3 Å². The summed E-state index contributed by atoms with van der Waals surface area (Å²) in [5.74, 6) is 0.0738. The lowest BCUT2D eigenvalue weighted by molar-refractivity contribution is -0.141. The maximum Gasteiger partial charge on any atom is 0.433 e. The standard InChI is InChI=1S/C26H31F3N2O3/c1-14(2)22-20-21(19-16(31-22)11-24(3,4)12-17(19)32)25(7-9-33-10-8-25)34-23(20)15-5-6-18(30-13-15)26(27,28)29/h5-6,13-14,17,23,32H,7-12H2,1-4H3. The minimum absolute atomic E-state index is 0.0738. The van der Waals surface area contributed by atoms with Crippen molar-refractivity contribution in [2.45, 2.75) is 83.3 Å². The number of halogens is 3. The van der Waals surface area contributed by atoms with E-state index in [1.807, 2.05) is 0 Å². The third kappa shape index (κ3) is 3.84. The fraction of sp³-hybridized carbons (Fsp3) is 0.615. The number of fused-ring (bicyclic) bond motifs is 4. The molecule has 1 fully saturated rings. The summed E-state index contributed by atoms with van der Waals surface area (Å²) >= 11 is 0. The minimum atomic E-state index is -4.50. The first-order chi connectivity index (χ1) is 15.9. The highest BCUT2D eigenvalue weighted by atomic mass is 19.4. The van der Waals surface area contributed by atoms with Gasteiger partial charge in [0.1, 0.15) is 11.8 Å². The minimum Gasteiger partial charge on any atom is -0.388 e. The Morgan fingerprint density at radius 2 is 1.82 bits per heavy atom. The highest BCUT2D eigenvalue weighted by molar-refractivity contribution is 5.54. The average Bonchev–Trinajstić information content (AvgIpc) is 3.06. The first-order valence-corrected chi connectivity index (χ1v) is 12.0. The molecule has 0 aromatic carbocycles. The molecule has 2 atom stereocenters. The smallest absolute Gasteiger partial charge is 0.388 e. The number of rotatable bonds is 2. The molecule has 5 nitrogen and oxygen atoms in total. The third-order valence-electron chi connectivity index (χ3n) is 7.39. The van der Waals surface area contributed by atoms with E-state index in [-0.39, 0.29) is 11.3 Å². The van der Waals surface area contributed by atoms with Crippen LogP contribution in [0.1, 0.15) is 104 Å². The summed E-state index contributed by atoms with van der Waals surface area (Å²) in [6.45, 7) is 9.45. The van der Waals surface area contributed by atoms with Crippen LogP contribution in [0.25, 0.3) is 0 Å². The molecule has 2 aromatic rings. The molecule has 184 valence electrons. The summed E-state index contributed by atoms with van der Waals surface area (Å²) in [6, 6.07) is 2.46. The average molecular weight is 477 g/mol. The number of nitrogens with zero attached hydrogens (tertiary/aromatic N) is 2. The largest absolute Gasteiger partial charge is 0.433 e. The van der Waals surface area contributed by atoms with Crippen molar-refractivity contribution in [3.63, 3.8) is 0 Å². The summed E-state index contributed by atoms with van der Waals surface area (Å²) in [4.78, 5) is 8.77. The van der Waals surface area contributed by atoms with Gasteiger partial charge in [-0.3, -0.25) is 9.97 Å². The van der Waals surface area contributed by atoms with Gasteiger partial charge in [0.25, 0.3) is 0 Å². The van der Waals surface area contributed by atoms with Gasteiger partial charge in [0.15, 0.2) is 0 Å². The molecule has 1 aliphatic carbocycles. The molecule has 0 saturated carbocycles. The fourth-order valence-corrected chi connectivity index (χ4v) is 5.90. The van der Waals surface area contributed by atoms with Crippen molar-refractivity contribution < 1.29 is 27.8 Å². The van der Waals surface area contributed by atoms with Gasteiger partial charge < -0.3 is 14.6 Å². The molecule has 1 N–H and O–H groups in total. The number of pyridine rings is 2. The molecule has 3 aliphatic rings. The Morgan fingerprint density at radius 1 is 1.12 bits per heavy atom. The van der Waals surface area contributed by atoms with Crippen LogP contribution in [-0.4, -0.2) is 28.3 Å². The highest BCUT2D eigenvalue weighted by Gasteiger charge is 2.52. The third-order valence-corrected chi connectivity index (χ3v) is 7.39. The Hall–Kier alpha value is -2.03. The lowest BCUT2D eigenvalue weighted by atomic mass is 9.70. The summed E-state index contributed by atoms with van der Waals surface area (Å²) in [7, 11) is 0. The number of ether oxygens (including phenoxy) is 2. The summed E-state index contributed by atoms with van der Waals surface area (Å²) in [5, 5.41) is 11.3. The molecule has 34 heavy (non-hydrogen) atoms. The van der Waals surface area contributed by atoms with Crippen LogP contribution in [0.15, 0.2) is 18.3 Å². The second-order valence-corrected chi connectivity index (χ2v) is 10.9. The number of aliphatic hydroxyl groups is 1. The molecule has 2 aliphatic heterocycles. The molecule has 5 rings (SSSR count). The van der Waals surface area contributed by atoms with Gasteiger partial charge >= 0.3 is 6.18 Å². The van der Waals surface area contributed by atoms with Crippen LogP contribution in [-0.2, 0) is 27.7 Å². The SMILES string of the molecule is CC(C)c1nc2c(c3c1C(c1ccc(C(F)(F)F)nc1)OC31CCOCC1)C(O)CC(C)(C)C2. The fourth-order valence-electron chi connectivity index (χ4n) is 5.90. The molecular weight excluding hydrogens is 445 g/mol. The van der Waals surface area contributed by atoms with Crippen LogP contribution < -0.4 is 0 Å². The maximum absolute atomic E-state index is 13.1. The topological polar surface area (TPSA) is 64.5 Å². The number of hydrogen-bond acceptors (Lipinski definition) is 5. The Labute approximate surface area is 197 Å². The van der Waals surface area contributed by atoms with Crippen LogP contribution >= 0.6 is 0 Å². The van der Waals surface area contributed by atoms with Crippen LogP contribution in [0.3, 0.4) is 0 Å². The van der Waals surface area contributed by atoms with Crippen molar-refractivity contribution in [3.8, 4) is 0 Å². The summed E-state index contributed by atoms with van der Waals surface area (Å²) < 4.78 is 51.8. The molecular formula is C26H31F3N2O3. The molecule has 2 aromatic heterocycles. The highest BCUT2D eigenvalue weighted by Crippen LogP contribution is 2.57. The van der Waals surface area contributed by atoms with E-state index >= 15 is 0 Å². The zero-order chi connectivity index (χ0) is 24.5. The van der Waals surface area contributed by atoms with E-state index in [2.05, 4.69) is 32.7 Å². The van der Waals surface area contributed by atoms with E-state index in [4.69, 9.17) is 14.5 Å². The number of aliphatic hydroxyl groups excluding tert-OH is 1. The van der Waals surface area contributed by atoms with Crippen molar-refractivity contribution in [3.05, 3.63) is 57.7 Å². The number of aromatic nitrogens is 2. The van der Waals surface area contributed by atoms with Gasteiger partial charge in [-0.1, -0.05) is 33.8 Å². The van der Waals surface area contributed by atoms with Gasteiger partial charge in [0.2, 0.25) is 0 Å². The molecule has 2 unspecified atom stereocenters. The molecule has 8 heteroatoms. The molecule has 0 radical (unpaired) electrons. The van der Waals surface area contributed by atoms with Crippen molar-refractivity contribution in [2.24, 2.45) is 5.41 Å². The van der Waals surface area contributed by atoms with Gasteiger partial charge in [0, 0.05) is 60.3 Å². The predicted molar refractivity (Wildman–Crippen MR) is 119 cm³/mol. The number of hydrogen-bond donors (Lipinski definition) is 1. The van der Waals surface area contributed by atoms with Gasteiger partial charge in [-0.05, 0) is 35.8 Å². The van der Waals surface area contributed by atoms with E-state index in [0.717, 1.165) is 40.6 Å². The van der Waals surface area contributed by atoms with Crippen molar-refractivity contribution in [1.82, 2.24) is 9.97 Å². The van der Waals surface area contributed by atoms with Crippen molar-refractivity contribution in [2.75, 3.05) is 13.2 Å². The normalized spacial score (nSPS) is 25.4. The quantitative estimate of drug-likeness (QED) is 0.598. The van der Waals surface area contributed by atoms with Crippen molar-refractivity contribution >= 4 is 0 Å². The molecule has 0 amide bonds. The van der Waals surface area contributed by atoms with Crippen LogP contribution in [0.2, 0.25) is 0 Å². The van der Waals surface area contributed by atoms with Gasteiger partial charge in [-0.2, -0.15) is 13.2 Å². The monoisotopic (exact) mass is 476 g/mol. The second-order valence-electron chi connectivity index (χ2n) is 10.9. The van der Waals surface area contributed by atoms with Gasteiger partial charge in [-0.15, -0.1) is 0 Å². The van der Waals surface area contributed by atoms with Crippen LogP contribution in [0, 0.1) is 5.41 Å². The van der Waals surface area contributed by atoms with Crippen LogP contribution in [0.5, 0.6) is 0 Å². The lowest BCUT2D eigenvalue weighted by Crippen LogP contribution is -2.37. The zero-order valence-corrected chi connectivity index (χ0v) is 20.0. The van der Waals surface area contributed by atoms with Gasteiger partial charge in [0.05, 0.1) is 11.7 Å². The Morgan fingerprint density at radius 3 is 2.41 bits per heavy atom. The Balaban J connectivity index is 1.74. The Bertz CT molecular complexity index is 1090. The van der Waals surface area contributed by atoms with E-state index in [0.29, 0.717) is 38.0 Å². The van der Waals surface area contributed by atoms with Crippen LogP contribution in [0.4, 0.5) is 13.2 Å². The Kier molecular flexibility index (Phi) is 5.58. The summed E-state index contributed by atoms with van der Waals surface area (Å²) in [5.41, 5.74) is 3.39. The first kappa shape index (κ1) is 23.7. The van der Waals surface area contributed by atoms with Gasteiger partial charge in [-0.25, -0.2) is 0 Å². The second kappa shape index (κ2) is 8.00. The van der Waals surface area contributed by atoms with E-state index in [1.165, 1.54) is 12.3 Å². The van der Waals surface area contributed by atoms with E-state index < -0.39 is 29.7 Å². The maximum atomic E-state index is 13.1. The summed E-state index contributed by atoms with van der Waals surface area (Å²) in [6.07, 6.45) is -1.90. The predicted octanol–water partition coefficient (Wildman–Crippen LogP) is 5.75. The first-order valence-electron chi connectivity index (χ1n) is 12.0. The van der Waals surface area contributed by atoms with E-state index in [1.54, 1.807) is 0 Å². The zero-order valence-electron chi connectivity index (χ0n) is 20.0. The molecule has 0 bridgehead atoms. The lowest BCUT2D eigenvalue weighted by Gasteiger charge is -2.40. The molecule has 1 spiro atoms. The van der Waals surface area contributed by atoms with Crippen molar-refractivity contribution in [1.29, 1.82) is 0 Å². The molecule has 4 heterocycles. The molecule has 1 saturated heterocycles.